The van der Waals surface area contributed by atoms with Gasteiger partial charge in [0.25, 0.3) is 0 Å². The number of aromatic nitrogens is 2. The molecule has 0 bridgehead atoms. The van der Waals surface area contributed by atoms with Gasteiger partial charge in [0.05, 0.1) is 11.4 Å². The smallest absolute Gasteiger partial charge is 0.145 e. The molecule has 5 rings (SSSR count). The fraction of sp³-hybridized carbons (Fsp3) is 0.320. The van der Waals surface area contributed by atoms with Gasteiger partial charge in [-0.05, 0) is 36.8 Å². The normalized spacial score (nSPS) is 15.6. The predicted molar refractivity (Wildman–Crippen MR) is 113 cm³/mol. The van der Waals surface area contributed by atoms with Crippen LogP contribution < -0.4 is 0 Å². The Morgan fingerprint density at radius 3 is 2.52 bits per heavy atom. The van der Waals surface area contributed by atoms with Gasteiger partial charge in [0.2, 0.25) is 0 Å². The third-order valence-electron chi connectivity index (χ3n) is 6.13. The Labute approximate surface area is 160 Å². The van der Waals surface area contributed by atoms with Crippen LogP contribution in [0, 0.1) is 6.92 Å². The zero-order valence-electron chi connectivity index (χ0n) is 16.0. The first-order valence-corrected chi connectivity index (χ1v) is 10.2. The molecule has 1 fully saturated rings. The van der Waals surface area contributed by atoms with Crippen LogP contribution >= 0.6 is 0 Å². The Bertz CT molecular complexity index is 1080. The maximum Gasteiger partial charge on any atom is 0.145 e. The van der Waals surface area contributed by atoms with Gasteiger partial charge < -0.3 is 4.40 Å². The van der Waals surface area contributed by atoms with E-state index in [1.54, 1.807) is 0 Å². The van der Waals surface area contributed by atoms with Gasteiger partial charge in [0.1, 0.15) is 5.65 Å². The fourth-order valence-electron chi connectivity index (χ4n) is 4.61. The summed E-state index contributed by atoms with van der Waals surface area (Å²) in [4.78, 5) is 5.24. The van der Waals surface area contributed by atoms with E-state index in [1.807, 2.05) is 0 Å². The Morgan fingerprint density at radius 2 is 1.70 bits per heavy atom. The standard InChI is InChI=1S/C25H26N2/c1-18-11-13-19(14-12-18)17-23-24(21-8-3-2-4-9-21)26-25-22-10-6-5-7-20(22)15-16-27(23)25/h5-7,10-16,21H,2-4,8-9,17H2,1H3. The van der Waals surface area contributed by atoms with Gasteiger partial charge in [-0.25, -0.2) is 4.98 Å². The lowest BCUT2D eigenvalue weighted by Crippen LogP contribution is -2.08. The fourth-order valence-corrected chi connectivity index (χ4v) is 4.61. The molecule has 1 aliphatic rings. The number of nitrogens with zero attached hydrogens (tertiary/aromatic N) is 2. The van der Waals surface area contributed by atoms with Crippen LogP contribution in [0.25, 0.3) is 16.4 Å². The summed E-state index contributed by atoms with van der Waals surface area (Å²) in [5, 5.41) is 2.53. The average molecular weight is 354 g/mol. The molecule has 2 aromatic carbocycles. The van der Waals surface area contributed by atoms with Crippen LogP contribution in [0.4, 0.5) is 0 Å². The maximum absolute atomic E-state index is 5.24. The lowest BCUT2D eigenvalue weighted by molar-refractivity contribution is 0.436. The molecule has 0 atom stereocenters. The van der Waals surface area contributed by atoms with Gasteiger partial charge in [-0.1, -0.05) is 73.4 Å². The third-order valence-corrected chi connectivity index (χ3v) is 6.13. The highest BCUT2D eigenvalue weighted by Gasteiger charge is 2.24. The van der Waals surface area contributed by atoms with Crippen molar-refractivity contribution in [2.45, 2.75) is 51.4 Å². The van der Waals surface area contributed by atoms with Gasteiger partial charge in [-0.3, -0.25) is 0 Å². The third kappa shape index (κ3) is 3.03. The minimum Gasteiger partial charge on any atom is -0.303 e. The highest BCUT2D eigenvalue weighted by Crippen LogP contribution is 2.36. The van der Waals surface area contributed by atoms with E-state index in [0.29, 0.717) is 5.92 Å². The van der Waals surface area contributed by atoms with Gasteiger partial charge in [-0.2, -0.15) is 0 Å². The summed E-state index contributed by atoms with van der Waals surface area (Å²) in [6, 6.07) is 19.8. The second-order valence-electron chi connectivity index (χ2n) is 8.04. The topological polar surface area (TPSA) is 17.3 Å². The number of fused-ring (bicyclic) bond motifs is 3. The van der Waals surface area contributed by atoms with Crippen LogP contribution in [0.1, 0.15) is 60.5 Å². The Kier molecular flexibility index (Phi) is 4.20. The number of benzene rings is 2. The molecule has 0 N–H and O–H groups in total. The van der Waals surface area contributed by atoms with Crippen molar-refractivity contribution in [3.05, 3.63) is 83.3 Å². The largest absolute Gasteiger partial charge is 0.303 e. The van der Waals surface area contributed by atoms with Crippen molar-refractivity contribution < 1.29 is 0 Å². The SMILES string of the molecule is Cc1ccc(Cc2c(C3CCCCC3)nc3c4ccccc4ccn23)cc1. The van der Waals surface area contributed by atoms with Gasteiger partial charge >= 0.3 is 0 Å². The molecule has 1 saturated carbocycles. The summed E-state index contributed by atoms with van der Waals surface area (Å²) in [5.41, 5.74) is 6.52. The summed E-state index contributed by atoms with van der Waals surface area (Å²) in [5.74, 6) is 0.609. The molecule has 4 aromatic rings. The van der Waals surface area contributed by atoms with E-state index >= 15 is 0 Å². The molecule has 0 radical (unpaired) electrons. The van der Waals surface area contributed by atoms with E-state index in [4.69, 9.17) is 4.98 Å². The van der Waals surface area contributed by atoms with Crippen molar-refractivity contribution in [3.63, 3.8) is 0 Å². The quantitative estimate of drug-likeness (QED) is 0.414. The summed E-state index contributed by atoms with van der Waals surface area (Å²) < 4.78 is 2.35. The zero-order valence-corrected chi connectivity index (χ0v) is 16.0. The van der Waals surface area contributed by atoms with Crippen LogP contribution in [0.5, 0.6) is 0 Å². The zero-order chi connectivity index (χ0) is 18.2. The van der Waals surface area contributed by atoms with E-state index in [2.05, 4.69) is 72.1 Å². The Hall–Kier alpha value is -2.61. The molecule has 2 heterocycles. The summed E-state index contributed by atoms with van der Waals surface area (Å²) in [6.07, 6.45) is 9.78. The Balaban J connectivity index is 1.69. The molecule has 2 heteroatoms. The molecule has 0 unspecified atom stereocenters. The minimum absolute atomic E-state index is 0.609. The van der Waals surface area contributed by atoms with Crippen molar-refractivity contribution in [2.24, 2.45) is 0 Å². The highest BCUT2D eigenvalue weighted by atomic mass is 15.0. The molecule has 0 saturated heterocycles. The monoisotopic (exact) mass is 354 g/mol. The van der Waals surface area contributed by atoms with Crippen LogP contribution in [-0.4, -0.2) is 9.38 Å². The lowest BCUT2D eigenvalue weighted by Gasteiger charge is -2.21. The van der Waals surface area contributed by atoms with Crippen molar-refractivity contribution in [3.8, 4) is 0 Å². The molecule has 2 aromatic heterocycles. The molecule has 1 aliphatic carbocycles. The molecule has 0 aliphatic heterocycles. The average Bonchev–Trinajstić information content (AvgIpc) is 3.09. The highest BCUT2D eigenvalue weighted by molar-refractivity contribution is 5.94. The van der Waals surface area contributed by atoms with E-state index in [1.165, 1.54) is 65.4 Å². The predicted octanol–water partition coefficient (Wildman–Crippen LogP) is 6.43. The first-order chi connectivity index (χ1) is 13.3. The van der Waals surface area contributed by atoms with Crippen LogP contribution in [0.15, 0.2) is 60.8 Å². The number of aryl methyl sites for hydroxylation is 1. The number of rotatable bonds is 3. The molecule has 0 spiro atoms. The molecular weight excluding hydrogens is 328 g/mol. The van der Waals surface area contributed by atoms with Crippen molar-refractivity contribution in [2.75, 3.05) is 0 Å². The van der Waals surface area contributed by atoms with Crippen LogP contribution in [-0.2, 0) is 6.42 Å². The number of imidazole rings is 1. The molecule has 0 amide bonds. The molecule has 2 nitrogen and oxygen atoms in total. The lowest BCUT2D eigenvalue weighted by atomic mass is 9.85. The van der Waals surface area contributed by atoms with E-state index in [9.17, 15) is 0 Å². The maximum atomic E-state index is 5.24. The van der Waals surface area contributed by atoms with E-state index in [-0.39, 0.29) is 0 Å². The number of pyridine rings is 1. The van der Waals surface area contributed by atoms with E-state index < -0.39 is 0 Å². The van der Waals surface area contributed by atoms with Gasteiger partial charge in [0, 0.05) is 23.9 Å². The van der Waals surface area contributed by atoms with E-state index in [0.717, 1.165) is 12.1 Å². The number of hydrogen-bond donors (Lipinski definition) is 0. The summed E-state index contributed by atoms with van der Waals surface area (Å²) in [7, 11) is 0. The van der Waals surface area contributed by atoms with Crippen LogP contribution in [0.2, 0.25) is 0 Å². The summed E-state index contributed by atoms with van der Waals surface area (Å²) >= 11 is 0. The van der Waals surface area contributed by atoms with Gasteiger partial charge in [-0.15, -0.1) is 0 Å². The van der Waals surface area contributed by atoms with Crippen molar-refractivity contribution in [1.29, 1.82) is 0 Å². The van der Waals surface area contributed by atoms with Crippen molar-refractivity contribution in [1.82, 2.24) is 9.38 Å². The van der Waals surface area contributed by atoms with Gasteiger partial charge in [0.15, 0.2) is 0 Å². The minimum atomic E-state index is 0.609. The molecule has 27 heavy (non-hydrogen) atoms. The number of hydrogen-bond acceptors (Lipinski definition) is 1. The molecular formula is C25H26N2. The first kappa shape index (κ1) is 16.6. The second-order valence-corrected chi connectivity index (χ2v) is 8.04. The Morgan fingerprint density at radius 1 is 0.926 bits per heavy atom. The van der Waals surface area contributed by atoms with Crippen LogP contribution in [0.3, 0.4) is 0 Å². The van der Waals surface area contributed by atoms with Crippen molar-refractivity contribution >= 4 is 16.4 Å². The summed E-state index contributed by atoms with van der Waals surface area (Å²) in [6.45, 7) is 2.15. The second kappa shape index (κ2) is 6.84. The first-order valence-electron chi connectivity index (χ1n) is 10.2. The molecule has 136 valence electrons.